The molecule has 0 aliphatic rings. The number of methoxy groups -OCH3 is 2. The fourth-order valence-corrected chi connectivity index (χ4v) is 3.97. The van der Waals surface area contributed by atoms with Crippen LogP contribution in [0, 0.1) is 0 Å². The molecule has 0 atom stereocenters. The van der Waals surface area contributed by atoms with Crippen molar-refractivity contribution in [3.05, 3.63) is 89.5 Å². The van der Waals surface area contributed by atoms with Crippen LogP contribution in [0.15, 0.2) is 52.1 Å². The number of hydrogen-bond acceptors (Lipinski definition) is 7. The maximum Gasteiger partial charge on any atom is 0.296 e. The van der Waals surface area contributed by atoms with Crippen molar-refractivity contribution in [2.24, 2.45) is 0 Å². The zero-order valence-corrected chi connectivity index (χ0v) is 17.7. The molecule has 0 aliphatic heterocycles. The molecule has 0 radical (unpaired) electrons. The Balaban J connectivity index is 1.77. The summed E-state index contributed by atoms with van der Waals surface area (Å²) in [7, 11) is 3.10. The third-order valence-corrected chi connectivity index (χ3v) is 5.65. The standard InChI is InChI=1S/C21H16ClN3O4S/c1-28-16-8-5-13(10-17(16)29-2)11-18-20(27)25-21(30-18)23-19(26)15(24-25)9-12-3-6-14(22)7-4-12/h3-8,10-11H,9H2,1-2H3. The number of fused-ring (bicyclic) bond motifs is 1. The highest BCUT2D eigenvalue weighted by Gasteiger charge is 2.12. The molecule has 30 heavy (non-hydrogen) atoms. The molecule has 2 aromatic carbocycles. The Labute approximate surface area is 179 Å². The molecular weight excluding hydrogens is 426 g/mol. The molecule has 7 nitrogen and oxygen atoms in total. The number of thiazole rings is 1. The largest absolute Gasteiger partial charge is 0.493 e. The summed E-state index contributed by atoms with van der Waals surface area (Å²) >= 11 is 7.00. The fraction of sp³-hybridized carbons (Fsp3) is 0.143. The van der Waals surface area contributed by atoms with E-state index in [1.54, 1.807) is 56.7 Å². The highest BCUT2D eigenvalue weighted by Crippen LogP contribution is 2.27. The summed E-state index contributed by atoms with van der Waals surface area (Å²) in [6, 6.07) is 12.4. The molecule has 0 amide bonds. The first-order chi connectivity index (χ1) is 14.5. The normalized spacial score (nSPS) is 11.8. The number of rotatable bonds is 5. The molecule has 0 saturated carbocycles. The van der Waals surface area contributed by atoms with Gasteiger partial charge < -0.3 is 9.47 Å². The Morgan fingerprint density at radius 3 is 2.50 bits per heavy atom. The number of halogens is 1. The van der Waals surface area contributed by atoms with Gasteiger partial charge in [-0.3, -0.25) is 9.59 Å². The summed E-state index contributed by atoms with van der Waals surface area (Å²) in [5.41, 5.74) is 1.01. The van der Waals surface area contributed by atoms with Crippen molar-refractivity contribution in [2.75, 3.05) is 14.2 Å². The highest BCUT2D eigenvalue weighted by atomic mass is 35.5. The van der Waals surface area contributed by atoms with Crippen molar-refractivity contribution < 1.29 is 9.47 Å². The fourth-order valence-electron chi connectivity index (χ4n) is 2.94. The van der Waals surface area contributed by atoms with E-state index in [0.29, 0.717) is 21.1 Å². The van der Waals surface area contributed by atoms with Crippen molar-refractivity contribution in [1.29, 1.82) is 0 Å². The zero-order valence-electron chi connectivity index (χ0n) is 16.1. The van der Waals surface area contributed by atoms with E-state index in [1.165, 1.54) is 4.52 Å². The molecule has 152 valence electrons. The van der Waals surface area contributed by atoms with E-state index >= 15 is 0 Å². The Kier molecular flexibility index (Phi) is 5.52. The van der Waals surface area contributed by atoms with Crippen LogP contribution in [-0.4, -0.2) is 28.8 Å². The van der Waals surface area contributed by atoms with Crippen LogP contribution in [0.3, 0.4) is 0 Å². The quantitative estimate of drug-likeness (QED) is 0.472. The van der Waals surface area contributed by atoms with Gasteiger partial charge in [-0.05, 0) is 41.5 Å². The molecule has 9 heteroatoms. The Hall–Kier alpha value is -3.23. The lowest BCUT2D eigenvalue weighted by Crippen LogP contribution is -2.28. The zero-order chi connectivity index (χ0) is 21.3. The van der Waals surface area contributed by atoms with Crippen LogP contribution >= 0.6 is 22.9 Å². The maximum atomic E-state index is 12.8. The Morgan fingerprint density at radius 2 is 1.80 bits per heavy atom. The number of nitrogens with zero attached hydrogens (tertiary/aromatic N) is 3. The van der Waals surface area contributed by atoms with Crippen LogP contribution in [0.2, 0.25) is 5.02 Å². The first-order valence-corrected chi connectivity index (χ1v) is 10.1. The summed E-state index contributed by atoms with van der Waals surface area (Å²) in [6.45, 7) is 0. The topological polar surface area (TPSA) is 82.8 Å². The maximum absolute atomic E-state index is 12.8. The van der Waals surface area contributed by atoms with Crippen molar-refractivity contribution in [3.8, 4) is 11.5 Å². The second-order valence-corrected chi connectivity index (χ2v) is 7.84. The first kappa shape index (κ1) is 20.1. The van der Waals surface area contributed by atoms with E-state index < -0.39 is 5.56 Å². The van der Waals surface area contributed by atoms with Crippen LogP contribution in [0.1, 0.15) is 16.8 Å². The van der Waals surface area contributed by atoms with Crippen LogP contribution in [0.25, 0.3) is 11.0 Å². The molecule has 0 spiro atoms. The van der Waals surface area contributed by atoms with E-state index in [4.69, 9.17) is 21.1 Å². The lowest BCUT2D eigenvalue weighted by atomic mass is 10.1. The molecular formula is C21H16ClN3O4S. The third-order valence-electron chi connectivity index (χ3n) is 4.44. The predicted octanol–water partition coefficient (Wildman–Crippen LogP) is 2.32. The average Bonchev–Trinajstić information content (AvgIpc) is 3.04. The molecule has 0 saturated heterocycles. The summed E-state index contributed by atoms with van der Waals surface area (Å²) in [5.74, 6) is 1.14. The van der Waals surface area contributed by atoms with Gasteiger partial charge in [-0.15, -0.1) is 0 Å². The van der Waals surface area contributed by atoms with Gasteiger partial charge in [-0.1, -0.05) is 41.1 Å². The molecule has 0 unspecified atom stereocenters. The van der Waals surface area contributed by atoms with Gasteiger partial charge in [0.2, 0.25) is 4.96 Å². The Bertz CT molecular complexity index is 1400. The van der Waals surface area contributed by atoms with Gasteiger partial charge in [0, 0.05) is 11.4 Å². The molecule has 0 bridgehead atoms. The van der Waals surface area contributed by atoms with E-state index in [9.17, 15) is 9.59 Å². The molecule has 0 fully saturated rings. The first-order valence-electron chi connectivity index (χ1n) is 8.89. The van der Waals surface area contributed by atoms with E-state index in [-0.39, 0.29) is 22.6 Å². The molecule has 4 rings (SSSR count). The van der Waals surface area contributed by atoms with Gasteiger partial charge in [-0.25, -0.2) is 0 Å². The minimum absolute atomic E-state index is 0.197. The van der Waals surface area contributed by atoms with Crippen molar-refractivity contribution in [2.45, 2.75) is 6.42 Å². The number of hydrogen-bond donors (Lipinski definition) is 0. The van der Waals surface area contributed by atoms with Gasteiger partial charge in [0.05, 0.1) is 18.8 Å². The average molecular weight is 442 g/mol. The molecule has 4 aromatic rings. The second-order valence-electron chi connectivity index (χ2n) is 6.39. The SMILES string of the molecule is COc1ccc(C=c2sc3nc(=O)c(Cc4ccc(Cl)cc4)nn3c2=O)cc1OC. The summed E-state index contributed by atoms with van der Waals surface area (Å²) < 4.78 is 12.1. The van der Waals surface area contributed by atoms with Crippen LogP contribution in [0.5, 0.6) is 11.5 Å². The van der Waals surface area contributed by atoms with Gasteiger partial charge >= 0.3 is 0 Å². The minimum Gasteiger partial charge on any atom is -0.493 e. The third kappa shape index (κ3) is 3.92. The molecule has 2 heterocycles. The number of aromatic nitrogens is 3. The lowest BCUT2D eigenvalue weighted by Gasteiger charge is -2.07. The van der Waals surface area contributed by atoms with Crippen molar-refractivity contribution in [3.63, 3.8) is 0 Å². The summed E-state index contributed by atoms with van der Waals surface area (Å²) in [6.07, 6.45) is 1.96. The minimum atomic E-state index is -0.455. The van der Waals surface area contributed by atoms with E-state index in [0.717, 1.165) is 22.5 Å². The predicted molar refractivity (Wildman–Crippen MR) is 116 cm³/mol. The van der Waals surface area contributed by atoms with Crippen LogP contribution in [0.4, 0.5) is 0 Å². The Morgan fingerprint density at radius 1 is 1.07 bits per heavy atom. The lowest BCUT2D eigenvalue weighted by molar-refractivity contribution is 0.355. The van der Waals surface area contributed by atoms with E-state index in [1.807, 2.05) is 6.07 Å². The smallest absolute Gasteiger partial charge is 0.296 e. The second kappa shape index (κ2) is 8.25. The van der Waals surface area contributed by atoms with Crippen molar-refractivity contribution >= 4 is 34.0 Å². The molecule has 2 aromatic heterocycles. The van der Waals surface area contributed by atoms with Crippen LogP contribution < -0.4 is 25.1 Å². The molecule has 0 aliphatic carbocycles. The summed E-state index contributed by atoms with van der Waals surface area (Å²) in [5, 5.41) is 4.86. The van der Waals surface area contributed by atoms with Gasteiger partial charge in [0.1, 0.15) is 5.69 Å². The van der Waals surface area contributed by atoms with Gasteiger partial charge in [-0.2, -0.15) is 14.6 Å². The summed E-state index contributed by atoms with van der Waals surface area (Å²) in [4.78, 5) is 29.5. The van der Waals surface area contributed by atoms with E-state index in [2.05, 4.69) is 10.1 Å². The number of ether oxygens (including phenoxy) is 2. The van der Waals surface area contributed by atoms with Crippen LogP contribution in [-0.2, 0) is 6.42 Å². The molecule has 0 N–H and O–H groups in total. The van der Waals surface area contributed by atoms with Gasteiger partial charge in [0.25, 0.3) is 11.1 Å². The monoisotopic (exact) mass is 441 g/mol. The van der Waals surface area contributed by atoms with Crippen molar-refractivity contribution in [1.82, 2.24) is 14.6 Å². The van der Waals surface area contributed by atoms with Gasteiger partial charge in [0.15, 0.2) is 11.5 Å². The highest BCUT2D eigenvalue weighted by molar-refractivity contribution is 7.15. The number of benzene rings is 2.